The van der Waals surface area contributed by atoms with E-state index in [4.69, 9.17) is 8.94 Å². The third-order valence-electron chi connectivity index (χ3n) is 5.16. The summed E-state index contributed by atoms with van der Waals surface area (Å²) in [5.41, 5.74) is 2.03. The zero-order valence-corrected chi connectivity index (χ0v) is 15.9. The predicted octanol–water partition coefficient (Wildman–Crippen LogP) is 2.78. The van der Waals surface area contributed by atoms with Gasteiger partial charge in [-0.05, 0) is 43.9 Å². The molecule has 0 aromatic carbocycles. The molecule has 0 saturated carbocycles. The smallest absolute Gasteiger partial charge is 0.259 e. The summed E-state index contributed by atoms with van der Waals surface area (Å²) in [6.07, 6.45) is 3.27. The van der Waals surface area contributed by atoms with Crippen molar-refractivity contribution in [2.45, 2.75) is 26.7 Å². The Labute approximate surface area is 161 Å². The number of nitrogens with one attached hydrogen (secondary N) is 1. The van der Waals surface area contributed by atoms with Crippen LogP contribution in [-0.4, -0.2) is 46.5 Å². The van der Waals surface area contributed by atoms with Gasteiger partial charge in [-0.2, -0.15) is 0 Å². The molecule has 0 atom stereocenters. The summed E-state index contributed by atoms with van der Waals surface area (Å²) >= 11 is 0. The van der Waals surface area contributed by atoms with Crippen LogP contribution in [0.1, 0.15) is 35.8 Å². The number of pyridine rings is 1. The Morgan fingerprint density at radius 1 is 1.32 bits per heavy atom. The molecule has 1 aliphatic heterocycles. The van der Waals surface area contributed by atoms with Crippen molar-refractivity contribution in [3.8, 4) is 11.5 Å². The number of carbonyl (C=O) groups excluding carboxylic acids is 2. The fourth-order valence-corrected chi connectivity index (χ4v) is 3.61. The lowest BCUT2D eigenvalue weighted by Crippen LogP contribution is -2.41. The Hall–Kier alpha value is -3.16. The van der Waals surface area contributed by atoms with E-state index >= 15 is 0 Å². The van der Waals surface area contributed by atoms with Crippen LogP contribution >= 0.6 is 0 Å². The zero-order chi connectivity index (χ0) is 19.7. The molecule has 8 heteroatoms. The average Bonchev–Trinajstić information content (AvgIpc) is 3.36. The Bertz CT molecular complexity index is 1000. The van der Waals surface area contributed by atoms with Crippen LogP contribution in [0.25, 0.3) is 22.6 Å². The molecule has 146 valence electrons. The van der Waals surface area contributed by atoms with Crippen molar-refractivity contribution in [3.05, 3.63) is 35.7 Å². The molecule has 3 aromatic heterocycles. The Morgan fingerprint density at radius 3 is 2.79 bits per heavy atom. The minimum Gasteiger partial charge on any atom is -0.463 e. The number of hydrogen-bond acceptors (Lipinski definition) is 6. The monoisotopic (exact) mass is 382 g/mol. The molecule has 0 bridgehead atoms. The van der Waals surface area contributed by atoms with Gasteiger partial charge in [0, 0.05) is 26.6 Å². The molecule has 0 spiro atoms. The largest absolute Gasteiger partial charge is 0.463 e. The normalized spacial score (nSPS) is 15.1. The first-order chi connectivity index (χ1) is 13.5. The van der Waals surface area contributed by atoms with Crippen LogP contribution in [-0.2, 0) is 4.79 Å². The molecule has 0 aliphatic carbocycles. The average molecular weight is 382 g/mol. The van der Waals surface area contributed by atoms with E-state index < -0.39 is 0 Å². The first-order valence-electron chi connectivity index (χ1n) is 9.37. The molecule has 2 amide bonds. The molecule has 4 rings (SSSR count). The molecule has 0 radical (unpaired) electrons. The molecule has 4 heterocycles. The van der Waals surface area contributed by atoms with Gasteiger partial charge in [-0.15, -0.1) is 0 Å². The number of hydrogen-bond donors (Lipinski definition) is 1. The van der Waals surface area contributed by atoms with Crippen LogP contribution in [0.4, 0.5) is 0 Å². The lowest BCUT2D eigenvalue weighted by Gasteiger charge is -2.32. The molecule has 1 fully saturated rings. The highest BCUT2D eigenvalue weighted by Gasteiger charge is 2.27. The van der Waals surface area contributed by atoms with Crippen LogP contribution in [0.3, 0.4) is 0 Å². The van der Waals surface area contributed by atoms with Crippen molar-refractivity contribution >= 4 is 22.9 Å². The van der Waals surface area contributed by atoms with Gasteiger partial charge in [-0.3, -0.25) is 9.59 Å². The summed E-state index contributed by atoms with van der Waals surface area (Å²) in [5.74, 6) is 0.871. The number of fused-ring (bicyclic) bond motifs is 1. The number of likely N-dealkylation sites (tertiary alicyclic amines) is 1. The van der Waals surface area contributed by atoms with Crippen molar-refractivity contribution in [1.82, 2.24) is 20.4 Å². The lowest BCUT2D eigenvalue weighted by atomic mass is 9.96. The quantitative estimate of drug-likeness (QED) is 0.744. The van der Waals surface area contributed by atoms with Gasteiger partial charge in [-0.25, -0.2) is 4.98 Å². The van der Waals surface area contributed by atoms with E-state index in [1.807, 2.05) is 4.90 Å². The van der Waals surface area contributed by atoms with E-state index in [1.54, 1.807) is 31.4 Å². The van der Waals surface area contributed by atoms with Crippen molar-refractivity contribution in [2.24, 2.45) is 5.92 Å². The van der Waals surface area contributed by atoms with E-state index in [-0.39, 0.29) is 11.8 Å². The first-order valence-corrected chi connectivity index (χ1v) is 9.37. The topological polar surface area (TPSA) is 101 Å². The number of furan rings is 1. The molecule has 1 aliphatic rings. The van der Waals surface area contributed by atoms with Crippen molar-refractivity contribution in [3.63, 3.8) is 0 Å². The summed E-state index contributed by atoms with van der Waals surface area (Å²) in [4.78, 5) is 30.7. The number of rotatable bonds is 4. The van der Waals surface area contributed by atoms with Crippen molar-refractivity contribution < 1.29 is 18.5 Å². The maximum Gasteiger partial charge on any atom is 0.259 e. The number of aromatic nitrogens is 2. The second kappa shape index (κ2) is 7.46. The Balaban J connectivity index is 1.59. The maximum absolute atomic E-state index is 13.3. The number of carbonyl (C=O) groups is 2. The molecule has 3 aromatic rings. The number of amides is 2. The highest BCUT2D eigenvalue weighted by atomic mass is 16.5. The van der Waals surface area contributed by atoms with Gasteiger partial charge in [0.15, 0.2) is 5.76 Å². The molecular formula is C20H22N4O4. The maximum atomic E-state index is 13.3. The summed E-state index contributed by atoms with van der Waals surface area (Å²) in [6.45, 7) is 5.27. The van der Waals surface area contributed by atoms with E-state index in [0.29, 0.717) is 59.4 Å². The lowest BCUT2D eigenvalue weighted by molar-refractivity contribution is -0.119. The summed E-state index contributed by atoms with van der Waals surface area (Å²) in [7, 11) is 0. The van der Waals surface area contributed by atoms with Crippen LogP contribution < -0.4 is 5.32 Å². The predicted molar refractivity (Wildman–Crippen MR) is 102 cm³/mol. The molecule has 1 saturated heterocycles. The van der Waals surface area contributed by atoms with E-state index in [2.05, 4.69) is 15.5 Å². The number of nitrogens with zero attached hydrogens (tertiary/aromatic N) is 3. The van der Waals surface area contributed by atoms with Gasteiger partial charge in [0.05, 0.1) is 22.9 Å². The van der Waals surface area contributed by atoms with Crippen molar-refractivity contribution in [2.75, 3.05) is 19.6 Å². The summed E-state index contributed by atoms with van der Waals surface area (Å²) < 4.78 is 10.8. The van der Waals surface area contributed by atoms with Crippen LogP contribution in [0.5, 0.6) is 0 Å². The zero-order valence-electron chi connectivity index (χ0n) is 15.9. The van der Waals surface area contributed by atoms with E-state index in [1.165, 1.54) is 6.92 Å². The van der Waals surface area contributed by atoms with Gasteiger partial charge in [-0.1, -0.05) is 5.16 Å². The van der Waals surface area contributed by atoms with Gasteiger partial charge >= 0.3 is 0 Å². The summed E-state index contributed by atoms with van der Waals surface area (Å²) in [6, 6.07) is 5.31. The van der Waals surface area contributed by atoms with Crippen LogP contribution in [0.2, 0.25) is 0 Å². The van der Waals surface area contributed by atoms with E-state index in [9.17, 15) is 9.59 Å². The van der Waals surface area contributed by atoms with Gasteiger partial charge < -0.3 is 19.2 Å². The standard InChI is InChI=1S/C20H22N4O4/c1-12-18-15(10-16(17-4-3-9-27-17)22-19(18)28-23-12)20(26)24-7-5-14(6-8-24)11-21-13(2)25/h3-4,9-10,14H,5-8,11H2,1-2H3,(H,21,25). The summed E-state index contributed by atoms with van der Waals surface area (Å²) in [5, 5.41) is 7.48. The van der Waals surface area contributed by atoms with Gasteiger partial charge in [0.2, 0.25) is 5.91 Å². The highest BCUT2D eigenvalue weighted by molar-refractivity contribution is 6.06. The fraction of sp³-hybridized carbons (Fsp3) is 0.400. The number of aryl methyl sites for hydroxylation is 1. The number of piperidine rings is 1. The molecule has 1 N–H and O–H groups in total. The third kappa shape index (κ3) is 3.49. The molecule has 8 nitrogen and oxygen atoms in total. The first kappa shape index (κ1) is 18.2. The van der Waals surface area contributed by atoms with E-state index in [0.717, 1.165) is 12.8 Å². The van der Waals surface area contributed by atoms with Crippen LogP contribution in [0.15, 0.2) is 33.4 Å². The van der Waals surface area contributed by atoms with Crippen LogP contribution in [0, 0.1) is 12.8 Å². The highest BCUT2D eigenvalue weighted by Crippen LogP contribution is 2.29. The van der Waals surface area contributed by atoms with Gasteiger partial charge in [0.1, 0.15) is 5.69 Å². The minimum absolute atomic E-state index is 0.0222. The molecular weight excluding hydrogens is 360 g/mol. The van der Waals surface area contributed by atoms with Gasteiger partial charge in [0.25, 0.3) is 11.6 Å². The fourth-order valence-electron chi connectivity index (χ4n) is 3.61. The Kier molecular flexibility index (Phi) is 4.85. The SMILES string of the molecule is CC(=O)NCC1CCN(C(=O)c2cc(-c3ccco3)nc3onc(C)c23)CC1. The Morgan fingerprint density at radius 2 is 2.11 bits per heavy atom. The molecule has 28 heavy (non-hydrogen) atoms. The second-order valence-electron chi connectivity index (χ2n) is 7.15. The third-order valence-corrected chi connectivity index (χ3v) is 5.16. The minimum atomic E-state index is -0.0653. The van der Waals surface area contributed by atoms with Crippen molar-refractivity contribution in [1.29, 1.82) is 0 Å². The molecule has 0 unspecified atom stereocenters. The second-order valence-corrected chi connectivity index (χ2v) is 7.15.